The zero-order valence-electron chi connectivity index (χ0n) is 10.2. The van der Waals surface area contributed by atoms with Gasteiger partial charge < -0.3 is 0 Å². The predicted molar refractivity (Wildman–Crippen MR) is 69.8 cm³/mol. The van der Waals surface area contributed by atoms with Crippen LogP contribution in [0.5, 0.6) is 0 Å². The molecule has 2 aromatic rings. The van der Waals surface area contributed by atoms with Gasteiger partial charge in [-0.1, -0.05) is 60.7 Å². The van der Waals surface area contributed by atoms with Crippen LogP contribution in [0, 0.1) is 0 Å². The number of rotatable bonds is 4. The summed E-state index contributed by atoms with van der Waals surface area (Å²) in [5.74, 6) is 5.20. The molecule has 3 heteroatoms. The Hall–Kier alpha value is -1.97. The minimum Gasteiger partial charge on any atom is -0.290 e. The summed E-state index contributed by atoms with van der Waals surface area (Å²) in [7, 11) is 0. The van der Waals surface area contributed by atoms with Gasteiger partial charge in [-0.15, -0.1) is 0 Å². The first-order valence-electron chi connectivity index (χ1n) is 5.72. The Morgan fingerprint density at radius 2 is 1.50 bits per heavy atom. The molecule has 0 spiro atoms. The Labute approximate surface area is 106 Å². The van der Waals surface area contributed by atoms with E-state index in [1.807, 2.05) is 48.5 Å². The third-order valence-electron chi connectivity index (χ3n) is 3.03. The number of Topliss-reactive ketones (excluding diaryl/α,β-unsaturated/α-hetero) is 1. The summed E-state index contributed by atoms with van der Waals surface area (Å²) < 4.78 is 0. The monoisotopic (exact) mass is 241 g/mol. The minimum atomic E-state index is -1.16. The molecule has 2 aromatic carbocycles. The summed E-state index contributed by atoms with van der Waals surface area (Å²) in [6, 6.07) is 18.2. The van der Waals surface area contributed by atoms with Gasteiger partial charge in [-0.25, -0.2) is 5.90 Å². The van der Waals surface area contributed by atoms with Gasteiger partial charge in [-0.05, 0) is 12.5 Å². The number of nitrogens with two attached hydrogens (primary N) is 1. The highest BCUT2D eigenvalue weighted by Crippen LogP contribution is 2.27. The van der Waals surface area contributed by atoms with Crippen molar-refractivity contribution in [3.8, 4) is 0 Å². The van der Waals surface area contributed by atoms with Crippen molar-refractivity contribution in [2.45, 2.75) is 12.5 Å². The molecule has 0 heterocycles. The number of hydrogen-bond donors (Lipinski definition) is 1. The molecular formula is C15H15NO2. The summed E-state index contributed by atoms with van der Waals surface area (Å²) in [6.07, 6.45) is 0. The summed E-state index contributed by atoms with van der Waals surface area (Å²) in [4.78, 5) is 17.5. The minimum absolute atomic E-state index is 0.156. The predicted octanol–water partition coefficient (Wildman–Crippen LogP) is 2.68. The Morgan fingerprint density at radius 1 is 1.00 bits per heavy atom. The normalized spacial score (nSPS) is 13.9. The molecule has 1 atom stereocenters. The number of carbonyl (C=O) groups is 1. The van der Waals surface area contributed by atoms with E-state index in [1.54, 1.807) is 19.1 Å². The number of ketones is 1. The van der Waals surface area contributed by atoms with Crippen LogP contribution in [-0.2, 0) is 10.4 Å². The van der Waals surface area contributed by atoms with Gasteiger partial charge in [0.2, 0.25) is 5.78 Å². The molecule has 0 amide bonds. The lowest BCUT2D eigenvalue weighted by molar-refractivity contribution is -0.0198. The molecule has 0 aliphatic carbocycles. The van der Waals surface area contributed by atoms with Crippen LogP contribution in [0.3, 0.4) is 0 Å². The summed E-state index contributed by atoms with van der Waals surface area (Å²) >= 11 is 0. The van der Waals surface area contributed by atoms with E-state index < -0.39 is 5.60 Å². The van der Waals surface area contributed by atoms with E-state index in [0.29, 0.717) is 5.56 Å². The topological polar surface area (TPSA) is 52.3 Å². The average molecular weight is 241 g/mol. The molecule has 0 bridgehead atoms. The van der Waals surface area contributed by atoms with E-state index in [4.69, 9.17) is 10.7 Å². The molecular weight excluding hydrogens is 226 g/mol. The molecule has 0 radical (unpaired) electrons. The van der Waals surface area contributed by atoms with Crippen LogP contribution < -0.4 is 5.90 Å². The summed E-state index contributed by atoms with van der Waals surface area (Å²) in [5.41, 5.74) is 0.151. The molecule has 18 heavy (non-hydrogen) atoms. The van der Waals surface area contributed by atoms with Crippen molar-refractivity contribution in [1.82, 2.24) is 0 Å². The quantitative estimate of drug-likeness (QED) is 0.661. The summed E-state index contributed by atoms with van der Waals surface area (Å²) in [5, 5.41) is 0. The molecule has 92 valence electrons. The highest BCUT2D eigenvalue weighted by atomic mass is 16.6. The molecule has 2 rings (SSSR count). The van der Waals surface area contributed by atoms with Crippen molar-refractivity contribution in [2.24, 2.45) is 5.90 Å². The lowest BCUT2D eigenvalue weighted by atomic mass is 9.87. The third kappa shape index (κ3) is 2.18. The maximum absolute atomic E-state index is 12.5. The highest BCUT2D eigenvalue weighted by molar-refractivity contribution is 6.02. The molecule has 0 fully saturated rings. The Kier molecular flexibility index (Phi) is 3.55. The van der Waals surface area contributed by atoms with Crippen LogP contribution in [0.2, 0.25) is 0 Å². The fraction of sp³-hybridized carbons (Fsp3) is 0.133. The standard InChI is InChI=1S/C15H15NO2/c1-15(18-16,13-10-6-3-7-11-13)14(17)12-8-4-2-5-9-12/h2-11H,16H2,1H3. The van der Waals surface area contributed by atoms with E-state index in [9.17, 15) is 4.79 Å². The van der Waals surface area contributed by atoms with Gasteiger partial charge in [0.1, 0.15) is 0 Å². The third-order valence-corrected chi connectivity index (χ3v) is 3.03. The maximum atomic E-state index is 12.5. The maximum Gasteiger partial charge on any atom is 0.201 e. The number of hydrogen-bond acceptors (Lipinski definition) is 3. The first-order valence-corrected chi connectivity index (χ1v) is 5.72. The largest absolute Gasteiger partial charge is 0.290 e. The fourth-order valence-electron chi connectivity index (χ4n) is 1.87. The summed E-state index contributed by atoms with van der Waals surface area (Å²) in [6.45, 7) is 1.68. The van der Waals surface area contributed by atoms with E-state index >= 15 is 0 Å². The van der Waals surface area contributed by atoms with Crippen LogP contribution in [-0.4, -0.2) is 5.78 Å². The van der Waals surface area contributed by atoms with Gasteiger partial charge in [0.15, 0.2) is 5.60 Å². The molecule has 0 aliphatic rings. The molecule has 0 saturated heterocycles. The zero-order valence-corrected chi connectivity index (χ0v) is 10.2. The van der Waals surface area contributed by atoms with Gasteiger partial charge >= 0.3 is 0 Å². The highest BCUT2D eigenvalue weighted by Gasteiger charge is 2.36. The Morgan fingerprint density at radius 3 is 2.00 bits per heavy atom. The van der Waals surface area contributed by atoms with Crippen LogP contribution >= 0.6 is 0 Å². The zero-order chi connectivity index (χ0) is 13.0. The Bertz CT molecular complexity index is 525. The molecule has 0 aliphatic heterocycles. The van der Waals surface area contributed by atoms with E-state index in [0.717, 1.165) is 5.56 Å². The lowest BCUT2D eigenvalue weighted by Gasteiger charge is -2.26. The van der Waals surface area contributed by atoms with Gasteiger partial charge in [0, 0.05) is 5.56 Å². The molecule has 0 aromatic heterocycles. The van der Waals surface area contributed by atoms with Crippen molar-refractivity contribution in [2.75, 3.05) is 0 Å². The Balaban J connectivity index is 2.43. The fourth-order valence-corrected chi connectivity index (χ4v) is 1.87. The van der Waals surface area contributed by atoms with Crippen molar-refractivity contribution < 1.29 is 9.63 Å². The SMILES string of the molecule is CC(ON)(C(=O)c1ccccc1)c1ccccc1. The molecule has 1 unspecified atom stereocenters. The second-order valence-electron chi connectivity index (χ2n) is 4.21. The number of carbonyl (C=O) groups excluding carboxylic acids is 1. The van der Waals surface area contributed by atoms with Crippen LogP contribution in [0.25, 0.3) is 0 Å². The molecule has 3 nitrogen and oxygen atoms in total. The smallest absolute Gasteiger partial charge is 0.201 e. The van der Waals surface area contributed by atoms with Gasteiger partial charge in [0.05, 0.1) is 0 Å². The first-order chi connectivity index (χ1) is 8.68. The average Bonchev–Trinajstić information content (AvgIpc) is 2.47. The number of benzene rings is 2. The van der Waals surface area contributed by atoms with Crippen molar-refractivity contribution in [3.05, 3.63) is 71.8 Å². The first kappa shape index (κ1) is 12.5. The van der Waals surface area contributed by atoms with Gasteiger partial charge in [-0.3, -0.25) is 9.63 Å². The van der Waals surface area contributed by atoms with Crippen LogP contribution in [0.15, 0.2) is 60.7 Å². The second-order valence-corrected chi connectivity index (χ2v) is 4.21. The van der Waals surface area contributed by atoms with Crippen molar-refractivity contribution >= 4 is 5.78 Å². The molecule has 0 saturated carbocycles. The van der Waals surface area contributed by atoms with Crippen molar-refractivity contribution in [3.63, 3.8) is 0 Å². The van der Waals surface area contributed by atoms with Gasteiger partial charge in [-0.2, -0.15) is 0 Å². The molecule has 2 N–H and O–H groups in total. The second kappa shape index (κ2) is 5.12. The van der Waals surface area contributed by atoms with Crippen molar-refractivity contribution in [1.29, 1.82) is 0 Å². The van der Waals surface area contributed by atoms with Crippen LogP contribution in [0.1, 0.15) is 22.8 Å². The lowest BCUT2D eigenvalue weighted by Crippen LogP contribution is -2.38. The van der Waals surface area contributed by atoms with E-state index in [2.05, 4.69) is 0 Å². The van der Waals surface area contributed by atoms with E-state index in [-0.39, 0.29) is 5.78 Å². The van der Waals surface area contributed by atoms with Gasteiger partial charge in [0.25, 0.3) is 0 Å². The van der Waals surface area contributed by atoms with Crippen LogP contribution in [0.4, 0.5) is 0 Å². The van der Waals surface area contributed by atoms with E-state index in [1.165, 1.54) is 0 Å².